The van der Waals surface area contributed by atoms with Crippen LogP contribution in [0.3, 0.4) is 0 Å². The van der Waals surface area contributed by atoms with Crippen LogP contribution in [0.25, 0.3) is 0 Å². The van der Waals surface area contributed by atoms with Crippen LogP contribution in [0.1, 0.15) is 6.42 Å². The number of ether oxygens (including phenoxy) is 2. The summed E-state index contributed by atoms with van der Waals surface area (Å²) < 4.78 is 9.10. The van der Waals surface area contributed by atoms with Crippen molar-refractivity contribution in [3.63, 3.8) is 0 Å². The molecular formula is C10H18N2O6. The van der Waals surface area contributed by atoms with E-state index in [-0.39, 0.29) is 6.54 Å². The first kappa shape index (κ1) is 16.3. The standard InChI is InChI=1S/C10H18N2O6/c1-17-4-3-11-6-8(13)12-7(10(15)16)5-9(14)18-2/h7,11H,3-6H2,1-2H3,(H,12,13)(H,15,16)/t7-/m0/s1. The van der Waals surface area contributed by atoms with E-state index >= 15 is 0 Å². The molecule has 0 bridgehead atoms. The SMILES string of the molecule is COCCNCC(=O)N[C@@H](CC(=O)OC)C(=O)O. The van der Waals surface area contributed by atoms with Crippen LogP contribution in [-0.2, 0) is 23.9 Å². The molecule has 0 aliphatic carbocycles. The lowest BCUT2D eigenvalue weighted by atomic mass is 10.2. The Morgan fingerprint density at radius 2 is 1.94 bits per heavy atom. The van der Waals surface area contributed by atoms with Crippen LogP contribution in [-0.4, -0.2) is 62.9 Å². The molecule has 3 N–H and O–H groups in total. The predicted octanol–water partition coefficient (Wildman–Crippen LogP) is -1.65. The van der Waals surface area contributed by atoms with Crippen LogP contribution >= 0.6 is 0 Å². The van der Waals surface area contributed by atoms with Crippen LogP contribution < -0.4 is 10.6 Å². The minimum Gasteiger partial charge on any atom is -0.480 e. The molecule has 104 valence electrons. The molecule has 0 spiro atoms. The highest BCUT2D eigenvalue weighted by Crippen LogP contribution is 1.94. The van der Waals surface area contributed by atoms with Crippen molar-refractivity contribution < 1.29 is 29.0 Å². The summed E-state index contributed by atoms with van der Waals surface area (Å²) in [5, 5.41) is 13.8. The van der Waals surface area contributed by atoms with Crippen molar-refractivity contribution in [3.8, 4) is 0 Å². The molecule has 8 heteroatoms. The summed E-state index contributed by atoms with van der Waals surface area (Å²) in [5.74, 6) is -2.50. The van der Waals surface area contributed by atoms with Crippen molar-refractivity contribution in [1.82, 2.24) is 10.6 Å². The largest absolute Gasteiger partial charge is 0.480 e. The van der Waals surface area contributed by atoms with Gasteiger partial charge >= 0.3 is 11.9 Å². The van der Waals surface area contributed by atoms with Gasteiger partial charge in [-0.25, -0.2) is 4.79 Å². The van der Waals surface area contributed by atoms with Crippen molar-refractivity contribution in [1.29, 1.82) is 0 Å². The molecule has 0 unspecified atom stereocenters. The van der Waals surface area contributed by atoms with Crippen molar-refractivity contribution in [2.75, 3.05) is 33.9 Å². The van der Waals surface area contributed by atoms with Gasteiger partial charge in [0.25, 0.3) is 0 Å². The van der Waals surface area contributed by atoms with E-state index in [4.69, 9.17) is 9.84 Å². The fourth-order valence-corrected chi connectivity index (χ4v) is 1.07. The molecule has 1 amide bonds. The van der Waals surface area contributed by atoms with Crippen molar-refractivity contribution in [3.05, 3.63) is 0 Å². The van der Waals surface area contributed by atoms with Crippen molar-refractivity contribution in [2.24, 2.45) is 0 Å². The number of amides is 1. The quantitative estimate of drug-likeness (QED) is 0.337. The Hall–Kier alpha value is -1.67. The Labute approximate surface area is 105 Å². The van der Waals surface area contributed by atoms with E-state index < -0.39 is 30.3 Å². The van der Waals surface area contributed by atoms with E-state index in [1.165, 1.54) is 7.11 Å². The average molecular weight is 262 g/mol. The molecule has 0 heterocycles. The number of carbonyl (C=O) groups is 3. The van der Waals surface area contributed by atoms with E-state index in [0.29, 0.717) is 13.2 Å². The molecule has 0 aromatic heterocycles. The molecule has 0 aromatic rings. The first-order valence-corrected chi connectivity index (χ1v) is 5.30. The van der Waals surface area contributed by atoms with E-state index in [1.54, 1.807) is 0 Å². The maximum absolute atomic E-state index is 11.4. The van der Waals surface area contributed by atoms with Gasteiger partial charge in [-0.05, 0) is 0 Å². The number of hydrogen-bond donors (Lipinski definition) is 3. The first-order valence-electron chi connectivity index (χ1n) is 5.30. The minimum atomic E-state index is -1.29. The molecule has 0 aliphatic heterocycles. The predicted molar refractivity (Wildman–Crippen MR) is 60.9 cm³/mol. The molecular weight excluding hydrogens is 244 g/mol. The maximum atomic E-state index is 11.4. The lowest BCUT2D eigenvalue weighted by Crippen LogP contribution is -2.46. The van der Waals surface area contributed by atoms with E-state index in [9.17, 15) is 14.4 Å². The van der Waals surface area contributed by atoms with Crippen LogP contribution in [0.15, 0.2) is 0 Å². The van der Waals surface area contributed by atoms with Gasteiger partial charge in [0.1, 0.15) is 6.04 Å². The Morgan fingerprint density at radius 1 is 1.28 bits per heavy atom. The van der Waals surface area contributed by atoms with Gasteiger partial charge in [0.05, 0.1) is 26.7 Å². The van der Waals surface area contributed by atoms with E-state index in [2.05, 4.69) is 15.4 Å². The summed E-state index contributed by atoms with van der Waals surface area (Å²) in [5.41, 5.74) is 0. The van der Waals surface area contributed by atoms with Gasteiger partial charge in [-0.1, -0.05) is 0 Å². The Balaban J connectivity index is 4.04. The molecule has 18 heavy (non-hydrogen) atoms. The monoisotopic (exact) mass is 262 g/mol. The molecule has 0 aliphatic rings. The zero-order valence-electron chi connectivity index (χ0n) is 10.4. The molecule has 0 saturated carbocycles. The lowest BCUT2D eigenvalue weighted by molar-refractivity contribution is -0.148. The number of methoxy groups -OCH3 is 2. The fourth-order valence-electron chi connectivity index (χ4n) is 1.07. The highest BCUT2D eigenvalue weighted by molar-refractivity contribution is 5.87. The smallest absolute Gasteiger partial charge is 0.326 e. The third-order valence-corrected chi connectivity index (χ3v) is 2.00. The number of nitrogens with one attached hydrogen (secondary N) is 2. The van der Waals surface area contributed by atoms with E-state index in [1.807, 2.05) is 0 Å². The Bertz CT molecular complexity index is 294. The van der Waals surface area contributed by atoms with Gasteiger partial charge in [0.15, 0.2) is 0 Å². The summed E-state index contributed by atoms with van der Waals surface area (Å²) in [7, 11) is 2.67. The van der Waals surface area contributed by atoms with Gasteiger partial charge in [-0.3, -0.25) is 9.59 Å². The number of rotatable bonds is 9. The summed E-state index contributed by atoms with van der Waals surface area (Å²) in [6, 6.07) is -1.28. The lowest BCUT2D eigenvalue weighted by Gasteiger charge is -2.13. The summed E-state index contributed by atoms with van der Waals surface area (Å²) in [6.07, 6.45) is -0.407. The number of carbonyl (C=O) groups excluding carboxylic acids is 2. The molecule has 1 atom stereocenters. The second-order valence-corrected chi connectivity index (χ2v) is 3.41. The normalized spacial score (nSPS) is 11.7. The van der Waals surface area contributed by atoms with Gasteiger partial charge < -0.3 is 25.2 Å². The van der Waals surface area contributed by atoms with Gasteiger partial charge in [0.2, 0.25) is 5.91 Å². The average Bonchev–Trinajstić information content (AvgIpc) is 2.33. The summed E-state index contributed by atoms with van der Waals surface area (Å²) in [6.45, 7) is 0.866. The Morgan fingerprint density at radius 3 is 2.44 bits per heavy atom. The van der Waals surface area contributed by atoms with Crippen LogP contribution in [0.4, 0.5) is 0 Å². The summed E-state index contributed by atoms with van der Waals surface area (Å²) in [4.78, 5) is 33.1. The molecule has 0 aromatic carbocycles. The van der Waals surface area contributed by atoms with Crippen LogP contribution in [0.5, 0.6) is 0 Å². The zero-order chi connectivity index (χ0) is 14.0. The fraction of sp³-hybridized carbons (Fsp3) is 0.700. The van der Waals surface area contributed by atoms with Gasteiger partial charge in [0, 0.05) is 13.7 Å². The topological polar surface area (TPSA) is 114 Å². The number of aliphatic carboxylic acids is 1. The Kier molecular flexibility index (Phi) is 8.50. The highest BCUT2D eigenvalue weighted by atomic mass is 16.5. The number of hydrogen-bond acceptors (Lipinski definition) is 6. The van der Waals surface area contributed by atoms with E-state index in [0.717, 1.165) is 7.11 Å². The number of carboxylic acid groups (broad SMARTS) is 1. The summed E-state index contributed by atoms with van der Waals surface area (Å²) >= 11 is 0. The maximum Gasteiger partial charge on any atom is 0.326 e. The zero-order valence-corrected chi connectivity index (χ0v) is 10.4. The van der Waals surface area contributed by atoms with Crippen LogP contribution in [0, 0.1) is 0 Å². The third kappa shape index (κ3) is 7.58. The molecule has 8 nitrogen and oxygen atoms in total. The van der Waals surface area contributed by atoms with Crippen molar-refractivity contribution in [2.45, 2.75) is 12.5 Å². The van der Waals surface area contributed by atoms with Crippen LogP contribution in [0.2, 0.25) is 0 Å². The number of carboxylic acids is 1. The second-order valence-electron chi connectivity index (χ2n) is 3.41. The van der Waals surface area contributed by atoms with Crippen molar-refractivity contribution >= 4 is 17.8 Å². The highest BCUT2D eigenvalue weighted by Gasteiger charge is 2.23. The van der Waals surface area contributed by atoms with Gasteiger partial charge in [-0.2, -0.15) is 0 Å². The second kappa shape index (κ2) is 9.37. The third-order valence-electron chi connectivity index (χ3n) is 2.00. The first-order chi connectivity index (χ1) is 8.51. The molecule has 0 rings (SSSR count). The molecule has 0 saturated heterocycles. The minimum absolute atomic E-state index is 0.0473. The van der Waals surface area contributed by atoms with Gasteiger partial charge in [-0.15, -0.1) is 0 Å². The number of esters is 1. The molecule has 0 fully saturated rings. The molecule has 0 radical (unpaired) electrons.